The van der Waals surface area contributed by atoms with Gasteiger partial charge in [-0.05, 0) is 47.7 Å². The summed E-state index contributed by atoms with van der Waals surface area (Å²) in [6.45, 7) is -0.363. The Morgan fingerprint density at radius 2 is 2.03 bits per heavy atom. The van der Waals surface area contributed by atoms with Gasteiger partial charge in [0.2, 0.25) is 0 Å². The van der Waals surface area contributed by atoms with Crippen LogP contribution in [-0.2, 0) is 20.7 Å². The van der Waals surface area contributed by atoms with Crippen molar-refractivity contribution < 1.29 is 18.7 Å². The molecule has 0 saturated heterocycles. The molecule has 30 heavy (non-hydrogen) atoms. The minimum Gasteiger partial charge on any atom is -0.467 e. The molecule has 0 aliphatic carbocycles. The van der Waals surface area contributed by atoms with E-state index in [0.717, 1.165) is 16.2 Å². The Hall–Kier alpha value is -2.90. The van der Waals surface area contributed by atoms with Crippen LogP contribution >= 0.6 is 22.9 Å². The van der Waals surface area contributed by atoms with Crippen molar-refractivity contribution in [3.05, 3.63) is 81.4 Å². The molecule has 1 unspecified atom stereocenters. The van der Waals surface area contributed by atoms with Crippen LogP contribution in [-0.4, -0.2) is 29.2 Å². The molecule has 1 atom stereocenters. The van der Waals surface area contributed by atoms with E-state index in [0.29, 0.717) is 23.6 Å². The first-order valence-electron chi connectivity index (χ1n) is 9.47. The van der Waals surface area contributed by atoms with Crippen LogP contribution in [0.1, 0.15) is 35.1 Å². The molecule has 8 heteroatoms. The van der Waals surface area contributed by atoms with E-state index in [1.807, 2.05) is 29.6 Å². The van der Waals surface area contributed by atoms with Gasteiger partial charge in [0, 0.05) is 16.3 Å². The molecule has 6 nitrogen and oxygen atoms in total. The zero-order valence-electron chi connectivity index (χ0n) is 16.0. The molecule has 0 radical (unpaired) electrons. The fourth-order valence-electron chi connectivity index (χ4n) is 3.22. The summed E-state index contributed by atoms with van der Waals surface area (Å²) < 4.78 is 10.7. The standard InChI is InChI=1S/C22H19ClN2O4S/c23-16-7-5-15(6-8-16)18-13-19(20-4-1-11-28-20)25(24-18)21(26)14-29-22(27)10-9-17-3-2-12-30-17/h1-8,11-12,19H,9-10,13-14H2. The van der Waals surface area contributed by atoms with Crippen LogP contribution in [0.2, 0.25) is 5.02 Å². The van der Waals surface area contributed by atoms with Crippen molar-refractivity contribution in [1.29, 1.82) is 0 Å². The summed E-state index contributed by atoms with van der Waals surface area (Å²) in [7, 11) is 0. The van der Waals surface area contributed by atoms with E-state index in [-0.39, 0.29) is 19.1 Å². The highest BCUT2D eigenvalue weighted by Gasteiger charge is 2.35. The number of hydrogen-bond acceptors (Lipinski definition) is 6. The highest BCUT2D eigenvalue weighted by atomic mass is 35.5. The van der Waals surface area contributed by atoms with Crippen LogP contribution in [0.5, 0.6) is 0 Å². The van der Waals surface area contributed by atoms with E-state index in [2.05, 4.69) is 5.10 Å². The second-order valence-electron chi connectivity index (χ2n) is 6.77. The third kappa shape index (κ3) is 4.80. The van der Waals surface area contributed by atoms with E-state index in [1.165, 1.54) is 5.01 Å². The Labute approximate surface area is 182 Å². The Bertz CT molecular complexity index is 1030. The van der Waals surface area contributed by atoms with E-state index < -0.39 is 11.9 Å². The lowest BCUT2D eigenvalue weighted by atomic mass is 10.0. The van der Waals surface area contributed by atoms with Gasteiger partial charge in [-0.1, -0.05) is 29.8 Å². The normalized spacial score (nSPS) is 15.8. The van der Waals surface area contributed by atoms with Crippen LogP contribution in [0.3, 0.4) is 0 Å². The predicted octanol–water partition coefficient (Wildman–Crippen LogP) is 4.85. The van der Waals surface area contributed by atoms with Crippen LogP contribution in [0.4, 0.5) is 0 Å². The topological polar surface area (TPSA) is 72.1 Å². The summed E-state index contributed by atoms with van der Waals surface area (Å²) in [6.07, 6.45) is 2.88. The van der Waals surface area contributed by atoms with Crippen molar-refractivity contribution in [2.75, 3.05) is 6.61 Å². The van der Waals surface area contributed by atoms with E-state index in [9.17, 15) is 9.59 Å². The molecule has 1 aliphatic rings. The molecule has 4 rings (SSSR count). The highest BCUT2D eigenvalue weighted by molar-refractivity contribution is 7.09. The molecule has 0 fully saturated rings. The number of carbonyl (C=O) groups excluding carboxylic acids is 2. The number of furan rings is 1. The summed E-state index contributed by atoms with van der Waals surface area (Å²) in [5, 5.41) is 8.43. The van der Waals surface area contributed by atoms with Gasteiger partial charge in [-0.2, -0.15) is 5.10 Å². The molecule has 0 N–H and O–H groups in total. The maximum Gasteiger partial charge on any atom is 0.306 e. The Morgan fingerprint density at radius 1 is 1.20 bits per heavy atom. The van der Waals surface area contributed by atoms with Gasteiger partial charge in [0.25, 0.3) is 5.91 Å². The molecule has 1 amide bonds. The van der Waals surface area contributed by atoms with Gasteiger partial charge in [-0.3, -0.25) is 9.59 Å². The molecule has 3 heterocycles. The zero-order chi connectivity index (χ0) is 20.9. The number of benzene rings is 1. The third-order valence-corrected chi connectivity index (χ3v) is 5.92. The van der Waals surface area contributed by atoms with Gasteiger partial charge in [-0.15, -0.1) is 11.3 Å². The van der Waals surface area contributed by atoms with Crippen molar-refractivity contribution in [2.24, 2.45) is 5.10 Å². The Kier molecular flexibility index (Phi) is 6.30. The number of halogens is 1. The molecule has 1 aliphatic heterocycles. The van der Waals surface area contributed by atoms with Gasteiger partial charge in [0.05, 0.1) is 18.4 Å². The third-order valence-electron chi connectivity index (χ3n) is 4.73. The zero-order valence-corrected chi connectivity index (χ0v) is 17.6. The fourth-order valence-corrected chi connectivity index (χ4v) is 4.06. The summed E-state index contributed by atoms with van der Waals surface area (Å²) in [5.41, 5.74) is 1.62. The van der Waals surface area contributed by atoms with Crippen LogP contribution in [0.25, 0.3) is 0 Å². The average Bonchev–Trinajstić information content (AvgIpc) is 3.52. The summed E-state index contributed by atoms with van der Waals surface area (Å²) in [4.78, 5) is 25.9. The van der Waals surface area contributed by atoms with Crippen molar-refractivity contribution in [1.82, 2.24) is 5.01 Å². The number of hydrogen-bond donors (Lipinski definition) is 0. The van der Waals surface area contributed by atoms with Gasteiger partial charge < -0.3 is 9.15 Å². The van der Waals surface area contributed by atoms with Gasteiger partial charge in [0.15, 0.2) is 6.61 Å². The lowest BCUT2D eigenvalue weighted by Crippen LogP contribution is -2.31. The Morgan fingerprint density at radius 3 is 2.73 bits per heavy atom. The molecule has 0 bridgehead atoms. The number of nitrogens with zero attached hydrogens (tertiary/aromatic N) is 2. The SMILES string of the molecule is O=C(CCc1cccs1)OCC(=O)N1N=C(c2ccc(Cl)cc2)CC1c1ccco1. The first kappa shape index (κ1) is 20.4. The van der Waals surface area contributed by atoms with E-state index >= 15 is 0 Å². The van der Waals surface area contributed by atoms with Crippen molar-refractivity contribution >= 4 is 40.5 Å². The number of amides is 1. The number of hydrazone groups is 1. The van der Waals surface area contributed by atoms with Gasteiger partial charge in [-0.25, -0.2) is 5.01 Å². The first-order valence-corrected chi connectivity index (χ1v) is 10.7. The largest absolute Gasteiger partial charge is 0.467 e. The maximum absolute atomic E-state index is 12.8. The monoisotopic (exact) mass is 442 g/mol. The number of rotatable bonds is 7. The smallest absolute Gasteiger partial charge is 0.306 e. The lowest BCUT2D eigenvalue weighted by Gasteiger charge is -2.19. The first-order chi connectivity index (χ1) is 14.6. The Balaban J connectivity index is 1.42. The highest BCUT2D eigenvalue weighted by Crippen LogP contribution is 2.33. The minimum atomic E-state index is -0.410. The number of aryl methyl sites for hydroxylation is 1. The van der Waals surface area contributed by atoms with Gasteiger partial charge >= 0.3 is 5.97 Å². The molecule has 1 aromatic carbocycles. The quantitative estimate of drug-likeness (QED) is 0.490. The molecule has 0 spiro atoms. The molecular formula is C22H19ClN2O4S. The maximum atomic E-state index is 12.8. The summed E-state index contributed by atoms with van der Waals surface area (Å²) in [5.74, 6) is -0.183. The summed E-state index contributed by atoms with van der Waals surface area (Å²) >= 11 is 7.56. The summed E-state index contributed by atoms with van der Waals surface area (Å²) in [6, 6.07) is 14.4. The van der Waals surface area contributed by atoms with E-state index in [1.54, 1.807) is 41.9 Å². The second kappa shape index (κ2) is 9.28. The molecule has 2 aromatic heterocycles. The molecule has 3 aromatic rings. The van der Waals surface area contributed by atoms with E-state index in [4.69, 9.17) is 20.8 Å². The molecule has 154 valence electrons. The van der Waals surface area contributed by atoms with Crippen LogP contribution in [0, 0.1) is 0 Å². The van der Waals surface area contributed by atoms with Crippen LogP contribution < -0.4 is 0 Å². The fraction of sp³-hybridized carbons (Fsp3) is 0.227. The number of ether oxygens (including phenoxy) is 1. The van der Waals surface area contributed by atoms with Crippen molar-refractivity contribution in [3.8, 4) is 0 Å². The van der Waals surface area contributed by atoms with Crippen molar-refractivity contribution in [2.45, 2.75) is 25.3 Å². The number of esters is 1. The molecular weight excluding hydrogens is 424 g/mol. The second-order valence-corrected chi connectivity index (χ2v) is 8.24. The van der Waals surface area contributed by atoms with Gasteiger partial charge in [0.1, 0.15) is 11.8 Å². The minimum absolute atomic E-state index is 0.231. The van der Waals surface area contributed by atoms with Crippen molar-refractivity contribution in [3.63, 3.8) is 0 Å². The number of thiophene rings is 1. The molecule has 0 saturated carbocycles. The average molecular weight is 443 g/mol. The predicted molar refractivity (Wildman–Crippen MR) is 114 cm³/mol. The number of carbonyl (C=O) groups is 2. The lowest BCUT2D eigenvalue weighted by molar-refractivity contribution is -0.152. The van der Waals surface area contributed by atoms with Crippen LogP contribution in [0.15, 0.2) is 69.7 Å².